The predicted octanol–water partition coefficient (Wildman–Crippen LogP) is 4.57. The largest absolute Gasteiger partial charge is 0.497 e. The number of halogens is 3. The Morgan fingerprint density at radius 2 is 2.00 bits per heavy atom. The zero-order chi connectivity index (χ0) is 19.4. The van der Waals surface area contributed by atoms with E-state index in [1.54, 1.807) is 25.1 Å². The van der Waals surface area contributed by atoms with Gasteiger partial charge in [-0.05, 0) is 31.2 Å². The Bertz CT molecular complexity index is 761. The van der Waals surface area contributed by atoms with Crippen LogP contribution in [0.25, 0.3) is 0 Å². The van der Waals surface area contributed by atoms with Crippen LogP contribution in [-0.4, -0.2) is 35.4 Å². The zero-order valence-electron chi connectivity index (χ0n) is 15.5. The van der Waals surface area contributed by atoms with Crippen molar-refractivity contribution in [3.63, 3.8) is 0 Å². The van der Waals surface area contributed by atoms with Crippen LogP contribution >= 0.6 is 0 Å². The Kier molecular flexibility index (Phi) is 5.92. The maximum Gasteiger partial charge on any atom is 0.389 e. The summed E-state index contributed by atoms with van der Waals surface area (Å²) in [5, 5.41) is 8.18. The molecule has 2 aromatic rings. The van der Waals surface area contributed by atoms with E-state index in [9.17, 15) is 13.2 Å². The van der Waals surface area contributed by atoms with Crippen molar-refractivity contribution in [2.45, 2.75) is 50.7 Å². The fourth-order valence-electron chi connectivity index (χ4n) is 3.89. The van der Waals surface area contributed by atoms with Crippen LogP contribution in [0.15, 0.2) is 24.4 Å². The van der Waals surface area contributed by atoms with Gasteiger partial charge >= 0.3 is 6.18 Å². The first-order chi connectivity index (χ1) is 12.9. The average molecular weight is 383 g/mol. The van der Waals surface area contributed by atoms with Gasteiger partial charge in [-0.15, -0.1) is 5.10 Å². The zero-order valence-corrected chi connectivity index (χ0v) is 15.5. The van der Waals surface area contributed by atoms with Crippen LogP contribution in [0.1, 0.15) is 49.4 Å². The molecule has 0 bridgehead atoms. The maximum atomic E-state index is 12.8. The van der Waals surface area contributed by atoms with Crippen LogP contribution in [0.2, 0.25) is 0 Å². The third-order valence-electron chi connectivity index (χ3n) is 5.14. The summed E-state index contributed by atoms with van der Waals surface area (Å²) in [4.78, 5) is 0. The number of benzene rings is 1. The number of hydrogen-bond donors (Lipinski definition) is 0. The van der Waals surface area contributed by atoms with Gasteiger partial charge in [-0.3, -0.25) is 0 Å². The molecule has 1 aliphatic carbocycles. The molecule has 1 saturated carbocycles. The summed E-state index contributed by atoms with van der Waals surface area (Å²) in [7, 11) is 3.19. The van der Waals surface area contributed by atoms with Gasteiger partial charge in [0.15, 0.2) is 0 Å². The summed E-state index contributed by atoms with van der Waals surface area (Å²) in [5.41, 5.74) is 1.82. The highest BCUT2D eigenvalue weighted by Crippen LogP contribution is 2.39. The molecule has 0 aliphatic heterocycles. The lowest BCUT2D eigenvalue weighted by Crippen LogP contribution is -2.25. The highest BCUT2D eigenvalue weighted by Gasteiger charge is 2.35. The number of rotatable bonds is 6. The smallest absolute Gasteiger partial charge is 0.389 e. The summed E-state index contributed by atoms with van der Waals surface area (Å²) in [6.45, 7) is 0. The van der Waals surface area contributed by atoms with Gasteiger partial charge in [-0.1, -0.05) is 17.7 Å². The topological polar surface area (TPSA) is 49.2 Å². The minimum absolute atomic E-state index is 0.0483. The molecule has 27 heavy (non-hydrogen) atoms. The van der Waals surface area contributed by atoms with Gasteiger partial charge in [-0.25, -0.2) is 4.68 Å². The fourth-order valence-corrected chi connectivity index (χ4v) is 3.89. The van der Waals surface area contributed by atoms with Crippen LogP contribution in [0, 0.1) is 5.92 Å². The molecule has 1 aliphatic rings. The van der Waals surface area contributed by atoms with Gasteiger partial charge < -0.3 is 9.47 Å². The van der Waals surface area contributed by atoms with E-state index in [0.717, 1.165) is 24.1 Å². The molecule has 1 aromatic heterocycles. The van der Waals surface area contributed by atoms with Crippen LogP contribution in [0.4, 0.5) is 13.2 Å². The Morgan fingerprint density at radius 1 is 1.19 bits per heavy atom. The Hall–Kier alpha value is -2.25. The number of ether oxygens (including phenoxy) is 2. The number of nitrogens with zero attached hydrogens (tertiary/aromatic N) is 3. The first-order valence-corrected chi connectivity index (χ1v) is 9.06. The molecule has 8 heteroatoms. The normalized spacial score (nSPS) is 20.5. The second kappa shape index (κ2) is 8.19. The third-order valence-corrected chi connectivity index (χ3v) is 5.14. The first-order valence-electron chi connectivity index (χ1n) is 9.06. The lowest BCUT2D eigenvalue weighted by atomic mass is 9.83. The molecule has 0 unspecified atom stereocenters. The fraction of sp³-hybridized carbons (Fsp3) is 0.579. The quantitative estimate of drug-likeness (QED) is 0.733. The van der Waals surface area contributed by atoms with Gasteiger partial charge in [0.05, 0.1) is 32.2 Å². The van der Waals surface area contributed by atoms with Gasteiger partial charge in [0.1, 0.15) is 11.5 Å². The van der Waals surface area contributed by atoms with Crippen LogP contribution in [0.3, 0.4) is 0 Å². The van der Waals surface area contributed by atoms with E-state index >= 15 is 0 Å². The summed E-state index contributed by atoms with van der Waals surface area (Å²) in [6, 6.07) is 5.53. The van der Waals surface area contributed by atoms with Crippen molar-refractivity contribution >= 4 is 0 Å². The molecule has 1 fully saturated rings. The van der Waals surface area contributed by atoms with Crippen molar-refractivity contribution in [3.05, 3.63) is 35.7 Å². The van der Waals surface area contributed by atoms with Gasteiger partial charge in [-0.2, -0.15) is 13.2 Å². The lowest BCUT2D eigenvalue weighted by Gasteiger charge is -2.30. The molecule has 0 spiro atoms. The van der Waals surface area contributed by atoms with Crippen molar-refractivity contribution in [1.29, 1.82) is 0 Å². The van der Waals surface area contributed by atoms with Crippen molar-refractivity contribution in [2.24, 2.45) is 5.92 Å². The van der Waals surface area contributed by atoms with Crippen molar-refractivity contribution in [2.75, 3.05) is 14.2 Å². The summed E-state index contributed by atoms with van der Waals surface area (Å²) < 4.78 is 50.7. The Morgan fingerprint density at radius 3 is 2.70 bits per heavy atom. The monoisotopic (exact) mass is 383 g/mol. The van der Waals surface area contributed by atoms with Crippen LogP contribution in [-0.2, 0) is 6.42 Å². The lowest BCUT2D eigenvalue weighted by molar-refractivity contribution is -0.147. The van der Waals surface area contributed by atoms with E-state index in [1.165, 1.54) is 0 Å². The highest BCUT2D eigenvalue weighted by atomic mass is 19.4. The molecule has 0 saturated heterocycles. The molecule has 0 N–H and O–H groups in total. The molecule has 3 rings (SSSR count). The van der Waals surface area contributed by atoms with Gasteiger partial charge in [0.2, 0.25) is 0 Å². The standard InChI is InChI=1S/C19H24F3N3O2/c1-26-17-7-6-14(18(10-17)27-2)9-16-12-23-24-25(16)15-5-3-4-13(8-15)11-19(20,21)22/h6-7,10,12-13,15H,3-5,8-9,11H2,1-2H3/t13-,15+/m1/s1. The molecule has 1 heterocycles. The van der Waals surface area contributed by atoms with E-state index in [0.29, 0.717) is 30.8 Å². The summed E-state index contributed by atoms with van der Waals surface area (Å²) in [6.07, 6.45) is 0.0781. The number of hydrogen-bond acceptors (Lipinski definition) is 4. The van der Waals surface area contributed by atoms with E-state index in [1.807, 2.05) is 18.2 Å². The van der Waals surface area contributed by atoms with E-state index in [4.69, 9.17) is 9.47 Å². The summed E-state index contributed by atoms with van der Waals surface area (Å²) in [5.74, 6) is 1.04. The predicted molar refractivity (Wildman–Crippen MR) is 94.0 cm³/mol. The van der Waals surface area contributed by atoms with Crippen molar-refractivity contribution in [3.8, 4) is 11.5 Å². The molecule has 0 radical (unpaired) electrons. The molecule has 2 atom stereocenters. The summed E-state index contributed by atoms with van der Waals surface area (Å²) >= 11 is 0. The van der Waals surface area contributed by atoms with E-state index in [2.05, 4.69) is 10.3 Å². The SMILES string of the molecule is COc1ccc(Cc2cnnn2[C@H]2CCC[C@@H](CC(F)(F)F)C2)c(OC)c1. The van der Waals surface area contributed by atoms with Crippen LogP contribution < -0.4 is 9.47 Å². The molecule has 0 amide bonds. The molecule has 1 aromatic carbocycles. The second-order valence-electron chi connectivity index (χ2n) is 7.03. The van der Waals surface area contributed by atoms with Crippen molar-refractivity contribution in [1.82, 2.24) is 15.0 Å². The molecule has 148 valence electrons. The van der Waals surface area contributed by atoms with Crippen molar-refractivity contribution < 1.29 is 22.6 Å². The highest BCUT2D eigenvalue weighted by molar-refractivity contribution is 5.42. The van der Waals surface area contributed by atoms with E-state index in [-0.39, 0.29) is 12.0 Å². The molecule has 5 nitrogen and oxygen atoms in total. The number of alkyl halides is 3. The number of aromatic nitrogens is 3. The third kappa shape index (κ3) is 4.93. The Balaban J connectivity index is 1.76. The second-order valence-corrected chi connectivity index (χ2v) is 7.03. The van der Waals surface area contributed by atoms with Gasteiger partial charge in [0, 0.05) is 24.5 Å². The minimum atomic E-state index is -4.12. The molecular weight excluding hydrogens is 359 g/mol. The minimum Gasteiger partial charge on any atom is -0.497 e. The van der Waals surface area contributed by atoms with Gasteiger partial charge in [0.25, 0.3) is 0 Å². The van der Waals surface area contributed by atoms with E-state index < -0.39 is 12.6 Å². The van der Waals surface area contributed by atoms with Crippen LogP contribution in [0.5, 0.6) is 11.5 Å². The Labute approximate surface area is 156 Å². The molecular formula is C19H24F3N3O2. The average Bonchev–Trinajstić information content (AvgIpc) is 3.09. The maximum absolute atomic E-state index is 12.8. The first kappa shape index (κ1) is 19.5. The number of methoxy groups -OCH3 is 2.